The van der Waals surface area contributed by atoms with E-state index in [-0.39, 0.29) is 5.82 Å². The maximum Gasteiger partial charge on any atom is 0.146 e. The monoisotopic (exact) mass is 344 g/mol. The maximum absolute atomic E-state index is 13.1. The summed E-state index contributed by atoms with van der Waals surface area (Å²) in [6.45, 7) is 4.63. The third kappa shape index (κ3) is 3.39. The summed E-state index contributed by atoms with van der Waals surface area (Å²) in [7, 11) is 2.06. The molecule has 0 amide bonds. The van der Waals surface area contributed by atoms with Crippen molar-refractivity contribution in [3.05, 3.63) is 41.7 Å². The van der Waals surface area contributed by atoms with E-state index in [1.165, 1.54) is 12.1 Å². The first-order valence-corrected chi connectivity index (χ1v) is 8.97. The Morgan fingerprint density at radius 2 is 1.76 bits per heavy atom. The van der Waals surface area contributed by atoms with E-state index in [2.05, 4.69) is 31.6 Å². The third-order valence-electron chi connectivity index (χ3n) is 5.47. The molecule has 1 saturated heterocycles. The Labute approximate surface area is 147 Å². The van der Waals surface area contributed by atoms with Crippen molar-refractivity contribution >= 4 is 5.69 Å². The van der Waals surface area contributed by atoms with Crippen LogP contribution in [-0.2, 0) is 13.6 Å². The zero-order valence-corrected chi connectivity index (χ0v) is 14.6. The van der Waals surface area contributed by atoms with Gasteiger partial charge in [0.15, 0.2) is 0 Å². The van der Waals surface area contributed by atoms with Crippen LogP contribution >= 0.6 is 0 Å². The van der Waals surface area contributed by atoms with Crippen molar-refractivity contribution in [2.75, 3.05) is 31.1 Å². The van der Waals surface area contributed by atoms with Crippen LogP contribution in [0.4, 0.5) is 10.1 Å². The lowest BCUT2D eigenvalue weighted by atomic mass is 9.80. The van der Waals surface area contributed by atoms with Crippen molar-refractivity contribution in [3.8, 4) is 0 Å². The van der Waals surface area contributed by atoms with Crippen LogP contribution in [0.25, 0.3) is 0 Å². The summed E-state index contributed by atoms with van der Waals surface area (Å²) in [5.74, 6) is 2.37. The summed E-state index contributed by atoms with van der Waals surface area (Å²) in [5, 5.41) is 8.79. The van der Waals surface area contributed by atoms with Crippen molar-refractivity contribution < 1.29 is 4.39 Å². The summed E-state index contributed by atoms with van der Waals surface area (Å²) in [5.41, 5.74) is 6.98. The molecule has 134 valence electrons. The summed E-state index contributed by atoms with van der Waals surface area (Å²) in [6, 6.07) is 7.07. The first-order valence-electron chi connectivity index (χ1n) is 8.97. The van der Waals surface area contributed by atoms with Crippen molar-refractivity contribution in [2.45, 2.75) is 31.3 Å². The van der Waals surface area contributed by atoms with Crippen LogP contribution in [0.5, 0.6) is 0 Å². The number of hydrogen-bond acceptors (Lipinski definition) is 5. The normalized spacial score (nSPS) is 24.4. The minimum Gasteiger partial charge on any atom is -0.369 e. The fraction of sp³-hybridized carbons (Fsp3) is 0.556. The molecule has 4 rings (SSSR count). The molecule has 2 N–H and O–H groups in total. The maximum atomic E-state index is 13.1. The van der Waals surface area contributed by atoms with Gasteiger partial charge in [0.2, 0.25) is 0 Å². The molecule has 1 aromatic heterocycles. The predicted octanol–water partition coefficient (Wildman–Crippen LogP) is 1.48. The molecule has 0 radical (unpaired) electrons. The lowest BCUT2D eigenvalue weighted by Gasteiger charge is -2.36. The van der Waals surface area contributed by atoms with E-state index < -0.39 is 0 Å². The Bertz CT molecular complexity index is 714. The van der Waals surface area contributed by atoms with Gasteiger partial charge in [-0.1, -0.05) is 0 Å². The van der Waals surface area contributed by atoms with Gasteiger partial charge in [-0.3, -0.25) is 4.90 Å². The second kappa shape index (κ2) is 6.72. The molecule has 7 heteroatoms. The molecule has 0 bridgehead atoms. The van der Waals surface area contributed by atoms with E-state index in [9.17, 15) is 4.39 Å². The minimum absolute atomic E-state index is 0.187. The molecular weight excluding hydrogens is 319 g/mol. The van der Waals surface area contributed by atoms with E-state index in [1.807, 2.05) is 12.1 Å². The number of aromatic nitrogens is 3. The van der Waals surface area contributed by atoms with Gasteiger partial charge in [-0.15, -0.1) is 10.2 Å². The Hall–Kier alpha value is -1.99. The SMILES string of the molecule is Cn1c(CN2CCN(c3ccc(F)cc3)CC2)nnc1C1CC(N)C1. The van der Waals surface area contributed by atoms with Gasteiger partial charge in [0.1, 0.15) is 17.5 Å². The van der Waals surface area contributed by atoms with Crippen molar-refractivity contribution in [1.29, 1.82) is 0 Å². The van der Waals surface area contributed by atoms with Gasteiger partial charge in [0, 0.05) is 50.9 Å². The van der Waals surface area contributed by atoms with E-state index in [1.54, 1.807) is 0 Å². The highest BCUT2D eigenvalue weighted by Gasteiger charge is 2.31. The molecule has 2 heterocycles. The standard InChI is InChI=1S/C18H25FN6/c1-23-17(21-22-18(23)13-10-15(20)11-13)12-24-6-8-25(9-7-24)16-4-2-14(19)3-5-16/h2-5,13,15H,6-12,20H2,1H3. The number of nitrogens with two attached hydrogens (primary N) is 1. The molecule has 2 fully saturated rings. The Kier molecular flexibility index (Phi) is 4.43. The van der Waals surface area contributed by atoms with Gasteiger partial charge >= 0.3 is 0 Å². The van der Waals surface area contributed by atoms with Crippen LogP contribution in [0.1, 0.15) is 30.4 Å². The Morgan fingerprint density at radius 3 is 2.40 bits per heavy atom. The molecule has 1 saturated carbocycles. The highest BCUT2D eigenvalue weighted by atomic mass is 19.1. The van der Waals surface area contributed by atoms with Crippen LogP contribution in [-0.4, -0.2) is 51.9 Å². The highest BCUT2D eigenvalue weighted by Crippen LogP contribution is 2.34. The molecule has 25 heavy (non-hydrogen) atoms. The van der Waals surface area contributed by atoms with Crippen molar-refractivity contribution in [2.24, 2.45) is 12.8 Å². The summed E-state index contributed by atoms with van der Waals surface area (Å²) in [4.78, 5) is 4.70. The second-order valence-corrected chi connectivity index (χ2v) is 7.20. The fourth-order valence-electron chi connectivity index (χ4n) is 3.76. The quantitative estimate of drug-likeness (QED) is 0.910. The Morgan fingerprint density at radius 1 is 1.08 bits per heavy atom. The van der Waals surface area contributed by atoms with E-state index >= 15 is 0 Å². The largest absolute Gasteiger partial charge is 0.369 e. The van der Waals surface area contributed by atoms with E-state index in [0.29, 0.717) is 12.0 Å². The molecule has 2 aliphatic rings. The number of nitrogens with zero attached hydrogens (tertiary/aromatic N) is 5. The van der Waals surface area contributed by atoms with Gasteiger partial charge in [0.05, 0.1) is 6.54 Å². The zero-order valence-electron chi connectivity index (χ0n) is 14.6. The van der Waals surface area contributed by atoms with Crippen LogP contribution in [0.2, 0.25) is 0 Å². The average Bonchev–Trinajstić information content (AvgIpc) is 2.94. The first-order chi connectivity index (χ1) is 12.1. The molecule has 6 nitrogen and oxygen atoms in total. The van der Waals surface area contributed by atoms with Crippen molar-refractivity contribution in [1.82, 2.24) is 19.7 Å². The van der Waals surface area contributed by atoms with Crippen LogP contribution < -0.4 is 10.6 Å². The number of rotatable bonds is 4. The topological polar surface area (TPSA) is 63.2 Å². The average molecular weight is 344 g/mol. The lowest BCUT2D eigenvalue weighted by Crippen LogP contribution is -2.46. The third-order valence-corrected chi connectivity index (χ3v) is 5.47. The van der Waals surface area contributed by atoms with Crippen LogP contribution in [0.3, 0.4) is 0 Å². The summed E-state index contributed by atoms with van der Waals surface area (Å²) >= 11 is 0. The van der Waals surface area contributed by atoms with Gasteiger partial charge in [-0.2, -0.15) is 0 Å². The molecule has 0 unspecified atom stereocenters. The highest BCUT2D eigenvalue weighted by molar-refractivity contribution is 5.46. The smallest absolute Gasteiger partial charge is 0.146 e. The molecule has 2 aromatic rings. The summed E-state index contributed by atoms with van der Waals surface area (Å²) < 4.78 is 15.2. The molecule has 1 aromatic carbocycles. The first kappa shape index (κ1) is 16.5. The van der Waals surface area contributed by atoms with Crippen molar-refractivity contribution in [3.63, 3.8) is 0 Å². The van der Waals surface area contributed by atoms with Crippen LogP contribution in [0, 0.1) is 5.82 Å². The zero-order chi connectivity index (χ0) is 17.4. The van der Waals surface area contributed by atoms with Gasteiger partial charge < -0.3 is 15.2 Å². The molecule has 1 aliphatic heterocycles. The van der Waals surface area contributed by atoms with Crippen LogP contribution in [0.15, 0.2) is 24.3 Å². The van der Waals surface area contributed by atoms with E-state index in [4.69, 9.17) is 5.73 Å². The van der Waals surface area contributed by atoms with E-state index in [0.717, 1.165) is 62.9 Å². The van der Waals surface area contributed by atoms with Gasteiger partial charge in [-0.25, -0.2) is 4.39 Å². The number of anilines is 1. The number of hydrogen-bond donors (Lipinski definition) is 1. The number of halogens is 1. The summed E-state index contributed by atoms with van der Waals surface area (Å²) in [6.07, 6.45) is 2.03. The predicted molar refractivity (Wildman–Crippen MR) is 94.8 cm³/mol. The number of benzene rings is 1. The fourth-order valence-corrected chi connectivity index (χ4v) is 3.76. The Balaban J connectivity index is 1.33. The van der Waals surface area contributed by atoms with Gasteiger partial charge in [-0.05, 0) is 37.1 Å². The van der Waals surface area contributed by atoms with Gasteiger partial charge in [0.25, 0.3) is 0 Å². The second-order valence-electron chi connectivity index (χ2n) is 7.20. The number of piperazine rings is 1. The molecule has 0 atom stereocenters. The molecular formula is C18H25FN6. The lowest BCUT2D eigenvalue weighted by molar-refractivity contribution is 0.240. The molecule has 0 spiro atoms. The minimum atomic E-state index is -0.187. The molecule has 1 aliphatic carbocycles.